The summed E-state index contributed by atoms with van der Waals surface area (Å²) in [7, 11) is 3.84. The molecule has 0 amide bonds. The zero-order chi connectivity index (χ0) is 15.0. The van der Waals surface area contributed by atoms with Crippen LogP contribution in [0.25, 0.3) is 0 Å². The minimum Gasteiger partial charge on any atom is -0.355 e. The predicted octanol–water partition coefficient (Wildman–Crippen LogP) is 2.45. The third-order valence-corrected chi connectivity index (χ3v) is 3.24. The fraction of sp³-hybridized carbons (Fsp3) is 0.533. The second-order valence-corrected chi connectivity index (χ2v) is 5.05. The van der Waals surface area contributed by atoms with Crippen LogP contribution in [0.4, 0.5) is 4.39 Å². The lowest BCUT2D eigenvalue weighted by Crippen LogP contribution is -2.41. The molecule has 0 saturated heterocycles. The molecule has 2 N–H and O–H groups in total. The van der Waals surface area contributed by atoms with Crippen molar-refractivity contribution in [1.29, 1.82) is 0 Å². The summed E-state index contributed by atoms with van der Waals surface area (Å²) in [5.74, 6) is 0.541. The first-order valence-electron chi connectivity index (χ1n) is 6.92. The van der Waals surface area contributed by atoms with E-state index in [0.717, 1.165) is 24.6 Å². The largest absolute Gasteiger partial charge is 0.355 e. The van der Waals surface area contributed by atoms with Gasteiger partial charge in [-0.2, -0.15) is 0 Å². The molecular formula is C15H26FIN4. The summed E-state index contributed by atoms with van der Waals surface area (Å²) in [6, 6.07) is 6.99. The van der Waals surface area contributed by atoms with Crippen LogP contribution >= 0.6 is 24.0 Å². The van der Waals surface area contributed by atoms with Crippen LogP contribution < -0.4 is 10.6 Å². The number of aliphatic imine (C=N–C) groups is 1. The Balaban J connectivity index is 0.00000400. The van der Waals surface area contributed by atoms with Gasteiger partial charge in [0.2, 0.25) is 0 Å². The molecule has 1 aromatic rings. The smallest absolute Gasteiger partial charge is 0.191 e. The fourth-order valence-electron chi connectivity index (χ4n) is 1.62. The van der Waals surface area contributed by atoms with Gasteiger partial charge < -0.3 is 15.5 Å². The molecule has 0 radical (unpaired) electrons. The highest BCUT2D eigenvalue weighted by Gasteiger charge is 2.03. The lowest BCUT2D eigenvalue weighted by atomic mass is 10.2. The number of hydrogen-bond donors (Lipinski definition) is 2. The number of nitrogens with zero attached hydrogens (tertiary/aromatic N) is 2. The molecule has 1 rings (SSSR count). The molecule has 0 unspecified atom stereocenters. The van der Waals surface area contributed by atoms with E-state index < -0.39 is 0 Å². The van der Waals surface area contributed by atoms with Crippen LogP contribution in [0.15, 0.2) is 29.3 Å². The third-order valence-electron chi connectivity index (χ3n) is 3.24. The van der Waals surface area contributed by atoms with Gasteiger partial charge in [-0.3, -0.25) is 4.99 Å². The monoisotopic (exact) mass is 408 g/mol. The molecule has 0 aromatic heterocycles. The van der Waals surface area contributed by atoms with E-state index >= 15 is 0 Å². The maximum absolute atomic E-state index is 12.8. The zero-order valence-electron chi connectivity index (χ0n) is 13.2. The van der Waals surface area contributed by atoms with Crippen molar-refractivity contribution in [2.75, 3.05) is 27.2 Å². The molecule has 0 aliphatic rings. The molecule has 0 atom stereocenters. The third kappa shape index (κ3) is 8.21. The molecule has 120 valence electrons. The number of likely N-dealkylation sites (N-methyl/N-ethyl adjacent to an activating group) is 1. The van der Waals surface area contributed by atoms with Crippen LogP contribution in [0.2, 0.25) is 0 Å². The van der Waals surface area contributed by atoms with Crippen LogP contribution in [0.3, 0.4) is 0 Å². The first kappa shape index (κ1) is 20.1. The molecule has 21 heavy (non-hydrogen) atoms. The highest BCUT2D eigenvalue weighted by atomic mass is 127. The second kappa shape index (κ2) is 10.8. The van der Waals surface area contributed by atoms with E-state index in [4.69, 9.17) is 0 Å². The van der Waals surface area contributed by atoms with E-state index in [2.05, 4.69) is 41.4 Å². The van der Waals surface area contributed by atoms with Gasteiger partial charge in [-0.1, -0.05) is 12.1 Å². The van der Waals surface area contributed by atoms with Crippen molar-refractivity contribution in [3.05, 3.63) is 35.6 Å². The summed E-state index contributed by atoms with van der Waals surface area (Å²) in [5, 5.41) is 6.47. The summed E-state index contributed by atoms with van der Waals surface area (Å²) in [6.07, 6.45) is 0. The molecule has 0 fully saturated rings. The van der Waals surface area contributed by atoms with Crippen LogP contribution in [0.1, 0.15) is 19.4 Å². The minimum absolute atomic E-state index is 0. The minimum atomic E-state index is -0.215. The molecule has 0 aliphatic heterocycles. The lowest BCUT2D eigenvalue weighted by Gasteiger charge is -2.21. The average Bonchev–Trinajstić information content (AvgIpc) is 2.44. The molecule has 1 aromatic carbocycles. The molecule has 4 nitrogen and oxygen atoms in total. The van der Waals surface area contributed by atoms with Gasteiger partial charge in [0.25, 0.3) is 0 Å². The highest BCUT2D eigenvalue weighted by molar-refractivity contribution is 14.0. The van der Waals surface area contributed by atoms with E-state index in [9.17, 15) is 4.39 Å². The molecule has 0 saturated carbocycles. The first-order valence-corrected chi connectivity index (χ1v) is 6.92. The van der Waals surface area contributed by atoms with E-state index in [1.165, 1.54) is 12.1 Å². The van der Waals surface area contributed by atoms with Crippen molar-refractivity contribution in [2.45, 2.75) is 26.4 Å². The number of nitrogens with one attached hydrogen (secondary N) is 2. The summed E-state index contributed by atoms with van der Waals surface area (Å²) < 4.78 is 12.8. The number of benzene rings is 1. The van der Waals surface area contributed by atoms with Gasteiger partial charge in [-0.25, -0.2) is 4.39 Å². The quantitative estimate of drug-likeness (QED) is 0.432. The summed E-state index contributed by atoms with van der Waals surface area (Å²) in [5.41, 5.74) is 1.02. The van der Waals surface area contributed by atoms with Crippen molar-refractivity contribution >= 4 is 29.9 Å². The SMILES string of the molecule is CN=C(NCCN(C)C(C)C)NCc1ccc(F)cc1.I. The molecule has 6 heteroatoms. The first-order chi connectivity index (χ1) is 9.52. The Hall–Kier alpha value is -0.890. The van der Waals surface area contributed by atoms with E-state index in [1.54, 1.807) is 19.2 Å². The van der Waals surface area contributed by atoms with Gasteiger partial charge in [-0.05, 0) is 38.6 Å². The summed E-state index contributed by atoms with van der Waals surface area (Å²) in [4.78, 5) is 6.43. The Bertz CT molecular complexity index is 420. The fourth-order valence-corrected chi connectivity index (χ4v) is 1.62. The molecule has 0 aliphatic carbocycles. The predicted molar refractivity (Wildman–Crippen MR) is 97.8 cm³/mol. The van der Waals surface area contributed by atoms with E-state index in [1.807, 2.05) is 0 Å². The van der Waals surface area contributed by atoms with Gasteiger partial charge in [-0.15, -0.1) is 24.0 Å². The van der Waals surface area contributed by atoms with Crippen LogP contribution in [-0.4, -0.2) is 44.1 Å². The van der Waals surface area contributed by atoms with Gasteiger partial charge in [0.1, 0.15) is 5.82 Å². The van der Waals surface area contributed by atoms with Crippen molar-refractivity contribution in [3.8, 4) is 0 Å². The van der Waals surface area contributed by atoms with E-state index in [-0.39, 0.29) is 29.8 Å². The Morgan fingerprint density at radius 3 is 2.38 bits per heavy atom. The zero-order valence-corrected chi connectivity index (χ0v) is 15.5. The number of halogens is 2. The van der Waals surface area contributed by atoms with Crippen molar-refractivity contribution in [3.63, 3.8) is 0 Å². The summed E-state index contributed by atoms with van der Waals surface area (Å²) in [6.45, 7) is 6.75. The maximum Gasteiger partial charge on any atom is 0.191 e. The van der Waals surface area contributed by atoms with Crippen LogP contribution in [0, 0.1) is 5.82 Å². The number of hydrogen-bond acceptors (Lipinski definition) is 2. The topological polar surface area (TPSA) is 39.7 Å². The van der Waals surface area contributed by atoms with Crippen LogP contribution in [0.5, 0.6) is 0 Å². The standard InChI is InChI=1S/C15H25FN4.HI/c1-12(2)20(4)10-9-18-15(17-3)19-11-13-5-7-14(16)8-6-13;/h5-8,12H,9-11H2,1-4H3,(H2,17,18,19);1H. The molecular weight excluding hydrogens is 382 g/mol. The molecule has 0 heterocycles. The summed E-state index contributed by atoms with van der Waals surface area (Å²) >= 11 is 0. The van der Waals surface area contributed by atoms with Crippen molar-refractivity contribution in [1.82, 2.24) is 15.5 Å². The Morgan fingerprint density at radius 1 is 1.24 bits per heavy atom. The molecule has 0 spiro atoms. The van der Waals surface area contributed by atoms with Gasteiger partial charge >= 0.3 is 0 Å². The Labute approximate surface area is 144 Å². The van der Waals surface area contributed by atoms with Crippen molar-refractivity contribution < 1.29 is 4.39 Å². The van der Waals surface area contributed by atoms with Gasteiger partial charge in [0, 0.05) is 32.7 Å². The number of rotatable bonds is 6. The average molecular weight is 408 g/mol. The van der Waals surface area contributed by atoms with E-state index in [0.29, 0.717) is 12.6 Å². The molecule has 0 bridgehead atoms. The Kier molecular flexibility index (Phi) is 10.3. The van der Waals surface area contributed by atoms with Crippen LogP contribution in [-0.2, 0) is 6.54 Å². The van der Waals surface area contributed by atoms with Gasteiger partial charge in [0.15, 0.2) is 5.96 Å². The Morgan fingerprint density at radius 2 is 1.86 bits per heavy atom. The second-order valence-electron chi connectivity index (χ2n) is 5.05. The lowest BCUT2D eigenvalue weighted by molar-refractivity contribution is 0.278. The van der Waals surface area contributed by atoms with Gasteiger partial charge in [0.05, 0.1) is 0 Å². The number of guanidine groups is 1. The normalized spacial score (nSPS) is 11.5. The highest BCUT2D eigenvalue weighted by Crippen LogP contribution is 2.01. The van der Waals surface area contributed by atoms with Crippen molar-refractivity contribution in [2.24, 2.45) is 4.99 Å². The maximum atomic E-state index is 12.8.